The molecule has 0 bridgehead atoms. The average molecular weight is 249 g/mol. The van der Waals surface area contributed by atoms with Crippen molar-refractivity contribution >= 4 is 11.6 Å². The Morgan fingerprint density at radius 3 is 2.83 bits per heavy atom. The van der Waals surface area contributed by atoms with E-state index < -0.39 is 0 Å². The Morgan fingerprint density at radius 2 is 2.11 bits per heavy atom. The van der Waals surface area contributed by atoms with E-state index in [0.29, 0.717) is 6.04 Å². The summed E-state index contributed by atoms with van der Waals surface area (Å²) in [6.07, 6.45) is 2.83. The molecule has 0 amide bonds. The van der Waals surface area contributed by atoms with Gasteiger partial charge in [0.15, 0.2) is 0 Å². The van der Waals surface area contributed by atoms with Crippen molar-refractivity contribution in [1.82, 2.24) is 14.9 Å². The molecule has 0 spiro atoms. The lowest BCUT2D eigenvalue weighted by molar-refractivity contribution is 0.337. The van der Waals surface area contributed by atoms with Crippen LogP contribution >= 0.6 is 0 Å². The number of likely N-dealkylation sites (N-methyl/N-ethyl adjacent to an activating group) is 1. The molecule has 1 saturated heterocycles. The first-order valence-corrected chi connectivity index (χ1v) is 6.58. The van der Waals surface area contributed by atoms with Crippen LogP contribution in [0.2, 0.25) is 0 Å². The zero-order valence-corrected chi connectivity index (χ0v) is 11.8. The monoisotopic (exact) mass is 249 g/mol. The Balaban J connectivity index is 2.29. The summed E-state index contributed by atoms with van der Waals surface area (Å²) in [6.45, 7) is 7.65. The number of anilines is 2. The van der Waals surface area contributed by atoms with Crippen LogP contribution < -0.4 is 10.2 Å². The largest absolute Gasteiger partial charge is 0.373 e. The molecule has 2 heterocycles. The van der Waals surface area contributed by atoms with Crippen LogP contribution in [-0.2, 0) is 0 Å². The molecule has 1 aliphatic rings. The van der Waals surface area contributed by atoms with E-state index in [4.69, 9.17) is 0 Å². The topological polar surface area (TPSA) is 44.3 Å². The summed E-state index contributed by atoms with van der Waals surface area (Å²) in [5, 5.41) is 3.13. The molecule has 100 valence electrons. The third-order valence-corrected chi connectivity index (χ3v) is 3.61. The Hall–Kier alpha value is -1.36. The zero-order valence-electron chi connectivity index (χ0n) is 11.8. The SMILES string of the molecule is CNc1ncnc(N2CCCN(C)CC2C)c1C. The minimum atomic E-state index is 0.482. The van der Waals surface area contributed by atoms with Crippen LogP contribution in [0.5, 0.6) is 0 Å². The maximum Gasteiger partial charge on any atom is 0.137 e. The minimum Gasteiger partial charge on any atom is -0.373 e. The second kappa shape index (κ2) is 5.52. The molecule has 1 N–H and O–H groups in total. The fraction of sp³-hybridized carbons (Fsp3) is 0.692. The first-order valence-electron chi connectivity index (χ1n) is 6.58. The number of rotatable bonds is 2. The molecule has 0 saturated carbocycles. The summed E-state index contributed by atoms with van der Waals surface area (Å²) in [5.74, 6) is 1.99. The summed E-state index contributed by atoms with van der Waals surface area (Å²) < 4.78 is 0. The summed E-state index contributed by atoms with van der Waals surface area (Å²) >= 11 is 0. The van der Waals surface area contributed by atoms with Gasteiger partial charge in [-0.15, -0.1) is 0 Å². The van der Waals surface area contributed by atoms with E-state index in [1.54, 1.807) is 6.33 Å². The van der Waals surface area contributed by atoms with Gasteiger partial charge in [-0.2, -0.15) is 0 Å². The van der Waals surface area contributed by atoms with E-state index in [-0.39, 0.29) is 0 Å². The second-order valence-electron chi connectivity index (χ2n) is 5.08. The second-order valence-corrected chi connectivity index (χ2v) is 5.08. The third-order valence-electron chi connectivity index (χ3n) is 3.61. The number of nitrogens with zero attached hydrogens (tertiary/aromatic N) is 4. The highest BCUT2D eigenvalue weighted by Crippen LogP contribution is 2.25. The standard InChI is InChI=1S/C13H23N5/c1-10-8-17(4)6-5-7-18(10)13-11(2)12(14-3)15-9-16-13/h9-10H,5-8H2,1-4H3,(H,14,15,16). The molecule has 1 aliphatic heterocycles. The molecule has 0 aromatic carbocycles. The smallest absolute Gasteiger partial charge is 0.137 e. The first kappa shape index (κ1) is 13.1. The van der Waals surface area contributed by atoms with Crippen LogP contribution in [0, 0.1) is 6.92 Å². The van der Waals surface area contributed by atoms with Crippen molar-refractivity contribution in [3.05, 3.63) is 11.9 Å². The van der Waals surface area contributed by atoms with E-state index in [2.05, 4.69) is 46.0 Å². The van der Waals surface area contributed by atoms with Crippen molar-refractivity contribution in [2.75, 3.05) is 43.9 Å². The highest BCUT2D eigenvalue weighted by atomic mass is 15.3. The minimum absolute atomic E-state index is 0.482. The molecule has 1 fully saturated rings. The Kier molecular flexibility index (Phi) is 4.01. The van der Waals surface area contributed by atoms with Crippen LogP contribution in [-0.4, -0.2) is 54.6 Å². The van der Waals surface area contributed by atoms with E-state index >= 15 is 0 Å². The lowest BCUT2D eigenvalue weighted by Gasteiger charge is -2.30. The fourth-order valence-electron chi connectivity index (χ4n) is 2.67. The number of nitrogens with one attached hydrogen (secondary N) is 1. The van der Waals surface area contributed by atoms with Gasteiger partial charge >= 0.3 is 0 Å². The molecule has 1 unspecified atom stereocenters. The molecule has 2 rings (SSSR count). The van der Waals surface area contributed by atoms with Gasteiger partial charge in [-0.05, 0) is 33.9 Å². The van der Waals surface area contributed by atoms with E-state index in [1.807, 2.05) is 7.05 Å². The van der Waals surface area contributed by atoms with Gasteiger partial charge in [0, 0.05) is 31.7 Å². The Morgan fingerprint density at radius 1 is 1.33 bits per heavy atom. The zero-order chi connectivity index (χ0) is 13.1. The molecular formula is C13H23N5. The number of hydrogen-bond donors (Lipinski definition) is 1. The maximum absolute atomic E-state index is 4.48. The van der Waals surface area contributed by atoms with Crippen LogP contribution in [0.1, 0.15) is 18.9 Å². The van der Waals surface area contributed by atoms with Crippen LogP contribution in [0.25, 0.3) is 0 Å². The Bertz CT molecular complexity index is 406. The first-order chi connectivity index (χ1) is 8.63. The predicted molar refractivity (Wildman–Crippen MR) is 75.2 cm³/mol. The number of aromatic nitrogens is 2. The van der Waals surface area contributed by atoms with Gasteiger partial charge in [0.2, 0.25) is 0 Å². The molecule has 1 aromatic heterocycles. The lowest BCUT2D eigenvalue weighted by Crippen LogP contribution is -2.39. The van der Waals surface area contributed by atoms with Gasteiger partial charge in [-0.1, -0.05) is 0 Å². The number of hydrogen-bond acceptors (Lipinski definition) is 5. The quantitative estimate of drug-likeness (QED) is 0.857. The van der Waals surface area contributed by atoms with Gasteiger partial charge in [-0.25, -0.2) is 9.97 Å². The van der Waals surface area contributed by atoms with Gasteiger partial charge in [0.05, 0.1) is 0 Å². The van der Waals surface area contributed by atoms with E-state index in [1.165, 1.54) is 6.42 Å². The van der Waals surface area contributed by atoms with Crippen molar-refractivity contribution < 1.29 is 0 Å². The van der Waals surface area contributed by atoms with E-state index in [0.717, 1.165) is 36.8 Å². The predicted octanol–water partition coefficient (Wildman–Crippen LogP) is 1.36. The summed E-state index contributed by atoms with van der Waals surface area (Å²) in [4.78, 5) is 13.5. The van der Waals surface area contributed by atoms with E-state index in [9.17, 15) is 0 Å². The van der Waals surface area contributed by atoms with Gasteiger partial charge in [-0.3, -0.25) is 0 Å². The van der Waals surface area contributed by atoms with Gasteiger partial charge in [0.25, 0.3) is 0 Å². The average Bonchev–Trinajstić information content (AvgIpc) is 2.51. The highest BCUT2D eigenvalue weighted by molar-refractivity contribution is 5.58. The molecular weight excluding hydrogens is 226 g/mol. The van der Waals surface area contributed by atoms with Crippen LogP contribution in [0.4, 0.5) is 11.6 Å². The normalized spacial score (nSPS) is 21.8. The van der Waals surface area contributed by atoms with Crippen molar-refractivity contribution in [1.29, 1.82) is 0 Å². The summed E-state index contributed by atoms with van der Waals surface area (Å²) in [6, 6.07) is 0.482. The van der Waals surface area contributed by atoms with Crippen molar-refractivity contribution in [3.8, 4) is 0 Å². The van der Waals surface area contributed by atoms with Crippen molar-refractivity contribution in [3.63, 3.8) is 0 Å². The van der Waals surface area contributed by atoms with Crippen molar-refractivity contribution in [2.24, 2.45) is 0 Å². The molecule has 1 atom stereocenters. The highest BCUT2D eigenvalue weighted by Gasteiger charge is 2.22. The fourth-order valence-corrected chi connectivity index (χ4v) is 2.67. The summed E-state index contributed by atoms with van der Waals surface area (Å²) in [5.41, 5.74) is 1.14. The summed E-state index contributed by atoms with van der Waals surface area (Å²) in [7, 11) is 4.09. The molecule has 0 radical (unpaired) electrons. The molecule has 18 heavy (non-hydrogen) atoms. The van der Waals surface area contributed by atoms with Crippen molar-refractivity contribution in [2.45, 2.75) is 26.3 Å². The molecule has 5 nitrogen and oxygen atoms in total. The van der Waals surface area contributed by atoms with Crippen LogP contribution in [0.3, 0.4) is 0 Å². The van der Waals surface area contributed by atoms with Crippen LogP contribution in [0.15, 0.2) is 6.33 Å². The lowest BCUT2D eigenvalue weighted by atomic mass is 10.2. The third kappa shape index (κ3) is 2.56. The van der Waals surface area contributed by atoms with Gasteiger partial charge in [0.1, 0.15) is 18.0 Å². The molecule has 0 aliphatic carbocycles. The molecule has 5 heteroatoms. The molecule has 1 aromatic rings. The van der Waals surface area contributed by atoms with Gasteiger partial charge < -0.3 is 15.1 Å². The maximum atomic E-state index is 4.48. The Labute approximate surface area is 109 Å².